The predicted octanol–water partition coefficient (Wildman–Crippen LogP) is 2.23. The standard InChI is InChI=1S/C15H23N3S/c1-19-15(11-16)7-9-18(10-8-15)14-6-5-12-3-2-4-13(12)17-14/h5-6H,2-4,7-11,16H2,1H3. The van der Waals surface area contributed by atoms with E-state index in [4.69, 9.17) is 10.7 Å². The first-order chi connectivity index (χ1) is 9.26. The molecule has 0 atom stereocenters. The third-order valence-corrected chi connectivity index (χ3v) is 6.16. The molecular formula is C15H23N3S. The molecule has 0 bridgehead atoms. The lowest BCUT2D eigenvalue weighted by atomic mass is 9.96. The number of hydrogen-bond acceptors (Lipinski definition) is 4. The summed E-state index contributed by atoms with van der Waals surface area (Å²) >= 11 is 1.94. The topological polar surface area (TPSA) is 42.1 Å². The first kappa shape index (κ1) is 13.3. The van der Waals surface area contributed by atoms with Gasteiger partial charge in [-0.3, -0.25) is 0 Å². The van der Waals surface area contributed by atoms with Crippen LogP contribution in [0.1, 0.15) is 30.5 Å². The fraction of sp³-hybridized carbons (Fsp3) is 0.667. The molecule has 0 aromatic carbocycles. The van der Waals surface area contributed by atoms with Gasteiger partial charge >= 0.3 is 0 Å². The van der Waals surface area contributed by atoms with Crippen molar-refractivity contribution in [3.8, 4) is 0 Å². The molecule has 3 rings (SSSR count). The first-order valence-electron chi connectivity index (χ1n) is 7.25. The van der Waals surface area contributed by atoms with E-state index in [1.807, 2.05) is 11.8 Å². The van der Waals surface area contributed by atoms with E-state index in [0.717, 1.165) is 26.1 Å². The van der Waals surface area contributed by atoms with Gasteiger partial charge < -0.3 is 10.6 Å². The quantitative estimate of drug-likeness (QED) is 0.920. The van der Waals surface area contributed by atoms with Crippen molar-refractivity contribution in [2.45, 2.75) is 36.9 Å². The van der Waals surface area contributed by atoms with Gasteiger partial charge in [0.15, 0.2) is 0 Å². The molecule has 3 nitrogen and oxygen atoms in total. The summed E-state index contributed by atoms with van der Waals surface area (Å²) < 4.78 is 0.299. The number of nitrogens with zero attached hydrogens (tertiary/aromatic N) is 2. The van der Waals surface area contributed by atoms with E-state index < -0.39 is 0 Å². The van der Waals surface area contributed by atoms with Crippen LogP contribution in [0.3, 0.4) is 0 Å². The third-order valence-electron chi connectivity index (χ3n) is 4.72. The van der Waals surface area contributed by atoms with Gasteiger partial charge in [-0.25, -0.2) is 4.98 Å². The number of hydrogen-bond donors (Lipinski definition) is 1. The molecular weight excluding hydrogens is 254 g/mol. The molecule has 2 heterocycles. The van der Waals surface area contributed by atoms with Crippen molar-refractivity contribution in [2.24, 2.45) is 5.73 Å². The Kier molecular flexibility index (Phi) is 3.72. The second kappa shape index (κ2) is 5.33. The van der Waals surface area contributed by atoms with E-state index in [9.17, 15) is 0 Å². The van der Waals surface area contributed by atoms with Gasteiger partial charge in [-0.2, -0.15) is 11.8 Å². The number of fused-ring (bicyclic) bond motifs is 1. The number of piperidine rings is 1. The number of pyridine rings is 1. The molecule has 1 aromatic heterocycles. The van der Waals surface area contributed by atoms with Crippen LogP contribution < -0.4 is 10.6 Å². The maximum Gasteiger partial charge on any atom is 0.128 e. The summed E-state index contributed by atoms with van der Waals surface area (Å²) in [5.74, 6) is 1.17. The summed E-state index contributed by atoms with van der Waals surface area (Å²) in [5.41, 5.74) is 8.74. The number of aromatic nitrogens is 1. The van der Waals surface area contributed by atoms with Gasteiger partial charge in [0.05, 0.1) is 0 Å². The minimum absolute atomic E-state index is 0.299. The molecule has 0 radical (unpaired) electrons. The van der Waals surface area contributed by atoms with Gasteiger partial charge in [0, 0.05) is 30.1 Å². The summed E-state index contributed by atoms with van der Waals surface area (Å²) in [6, 6.07) is 4.49. The summed E-state index contributed by atoms with van der Waals surface area (Å²) in [5, 5.41) is 0. The van der Waals surface area contributed by atoms with E-state index in [1.165, 1.54) is 42.8 Å². The lowest BCUT2D eigenvalue weighted by molar-refractivity contribution is 0.455. The maximum atomic E-state index is 5.95. The fourth-order valence-corrected chi connectivity index (χ4v) is 3.98. The lowest BCUT2D eigenvalue weighted by Gasteiger charge is -2.40. The minimum Gasteiger partial charge on any atom is -0.357 e. The van der Waals surface area contributed by atoms with Gasteiger partial charge in [0.2, 0.25) is 0 Å². The smallest absolute Gasteiger partial charge is 0.128 e. The van der Waals surface area contributed by atoms with Crippen molar-refractivity contribution in [1.29, 1.82) is 0 Å². The minimum atomic E-state index is 0.299. The molecule has 2 aliphatic rings. The number of rotatable bonds is 3. The zero-order valence-electron chi connectivity index (χ0n) is 11.7. The molecule has 104 valence electrons. The highest BCUT2D eigenvalue weighted by Crippen LogP contribution is 2.35. The van der Waals surface area contributed by atoms with E-state index in [0.29, 0.717) is 4.75 Å². The van der Waals surface area contributed by atoms with Gasteiger partial charge in [-0.15, -0.1) is 0 Å². The van der Waals surface area contributed by atoms with Crippen molar-refractivity contribution < 1.29 is 0 Å². The van der Waals surface area contributed by atoms with E-state index in [2.05, 4.69) is 23.3 Å². The molecule has 0 saturated carbocycles. The zero-order chi connectivity index (χ0) is 13.3. The van der Waals surface area contributed by atoms with Gasteiger partial charge in [0.25, 0.3) is 0 Å². The van der Waals surface area contributed by atoms with Gasteiger partial charge in [0.1, 0.15) is 5.82 Å². The van der Waals surface area contributed by atoms with E-state index >= 15 is 0 Å². The van der Waals surface area contributed by atoms with Crippen LogP contribution in [0.25, 0.3) is 0 Å². The second-order valence-corrected chi connectivity index (χ2v) is 6.98. The van der Waals surface area contributed by atoms with Crippen LogP contribution >= 0.6 is 11.8 Å². The summed E-state index contributed by atoms with van der Waals surface area (Å²) in [4.78, 5) is 7.30. The number of thioether (sulfide) groups is 1. The second-order valence-electron chi connectivity index (χ2n) is 5.71. The van der Waals surface area contributed by atoms with Crippen molar-refractivity contribution in [1.82, 2.24) is 4.98 Å². The molecule has 19 heavy (non-hydrogen) atoms. The van der Waals surface area contributed by atoms with Crippen molar-refractivity contribution in [3.05, 3.63) is 23.4 Å². The molecule has 4 heteroatoms. The van der Waals surface area contributed by atoms with Crippen molar-refractivity contribution in [3.63, 3.8) is 0 Å². The van der Waals surface area contributed by atoms with E-state index in [1.54, 1.807) is 0 Å². The highest BCUT2D eigenvalue weighted by molar-refractivity contribution is 8.00. The molecule has 0 spiro atoms. The van der Waals surface area contributed by atoms with Crippen LogP contribution in [-0.2, 0) is 12.8 Å². The Labute approximate surface area is 120 Å². The number of anilines is 1. The van der Waals surface area contributed by atoms with Crippen LogP contribution in [0.15, 0.2) is 12.1 Å². The first-order valence-corrected chi connectivity index (χ1v) is 8.48. The molecule has 1 aromatic rings. The number of aryl methyl sites for hydroxylation is 2. The highest BCUT2D eigenvalue weighted by atomic mass is 32.2. The maximum absolute atomic E-state index is 5.95. The molecule has 2 N–H and O–H groups in total. The Morgan fingerprint density at radius 3 is 2.79 bits per heavy atom. The monoisotopic (exact) mass is 277 g/mol. The third kappa shape index (κ3) is 2.48. The lowest BCUT2D eigenvalue weighted by Crippen LogP contribution is -2.46. The summed E-state index contributed by atoms with van der Waals surface area (Å²) in [7, 11) is 0. The van der Waals surface area contributed by atoms with Crippen LogP contribution in [0.4, 0.5) is 5.82 Å². The molecule has 1 saturated heterocycles. The van der Waals surface area contributed by atoms with Gasteiger partial charge in [-0.05, 0) is 50.0 Å². The van der Waals surface area contributed by atoms with Crippen molar-refractivity contribution in [2.75, 3.05) is 30.8 Å². The van der Waals surface area contributed by atoms with Crippen LogP contribution in [0.2, 0.25) is 0 Å². The molecule has 0 amide bonds. The SMILES string of the molecule is CSC1(CN)CCN(c2ccc3c(n2)CCC3)CC1. The highest BCUT2D eigenvalue weighted by Gasteiger charge is 2.33. The van der Waals surface area contributed by atoms with Crippen LogP contribution in [0.5, 0.6) is 0 Å². The Bertz CT molecular complexity index is 447. The number of nitrogens with two attached hydrogens (primary N) is 1. The molecule has 0 unspecified atom stereocenters. The summed E-state index contributed by atoms with van der Waals surface area (Å²) in [6.07, 6.45) is 8.18. The predicted molar refractivity (Wildman–Crippen MR) is 83.0 cm³/mol. The average molecular weight is 277 g/mol. The Hall–Kier alpha value is -0.740. The van der Waals surface area contributed by atoms with E-state index in [-0.39, 0.29) is 0 Å². The Morgan fingerprint density at radius 1 is 1.32 bits per heavy atom. The molecule has 1 aliphatic heterocycles. The van der Waals surface area contributed by atoms with Crippen LogP contribution in [0, 0.1) is 0 Å². The average Bonchev–Trinajstić information content (AvgIpc) is 2.95. The van der Waals surface area contributed by atoms with Crippen LogP contribution in [-0.4, -0.2) is 35.6 Å². The molecule has 1 aliphatic carbocycles. The normalized spacial score (nSPS) is 21.5. The zero-order valence-corrected chi connectivity index (χ0v) is 12.5. The van der Waals surface area contributed by atoms with Crippen molar-refractivity contribution >= 4 is 17.6 Å². The summed E-state index contributed by atoms with van der Waals surface area (Å²) in [6.45, 7) is 2.97. The van der Waals surface area contributed by atoms with Gasteiger partial charge in [-0.1, -0.05) is 6.07 Å². The largest absolute Gasteiger partial charge is 0.357 e. The molecule has 1 fully saturated rings. The Morgan fingerprint density at radius 2 is 2.11 bits per heavy atom. The fourth-order valence-electron chi connectivity index (χ4n) is 3.22. The Balaban J connectivity index is 1.72.